The maximum Gasteiger partial charge on any atom is 0.324 e. The summed E-state index contributed by atoms with van der Waals surface area (Å²) in [5.41, 5.74) is 0. The molecule has 0 bridgehead atoms. The van der Waals surface area contributed by atoms with Gasteiger partial charge in [0.25, 0.3) is 0 Å². The lowest BCUT2D eigenvalue weighted by Crippen LogP contribution is -2.05. The molecule has 0 amide bonds. The number of carbonyl (C=O) groups is 2. The van der Waals surface area contributed by atoms with Gasteiger partial charge in [-0.3, -0.25) is 9.59 Å². The number of hydrogen-bond donors (Lipinski definition) is 0. The lowest BCUT2D eigenvalue weighted by atomic mass is 10.0. The number of unbranched alkanes of at least 4 members (excludes halogenated alkanes) is 36. The SMILES string of the molecule is CCCCCCCC/C=C/C/C=C/CCCCCCC(=O)OCCCCCCCCCCCCCCCCCCCCCCCCCCCCCC(=O)OCl. The van der Waals surface area contributed by atoms with Crippen LogP contribution in [0.3, 0.4) is 0 Å². The Balaban J connectivity index is 3.19. The standard InChI is InChI=1S/C50H93ClO4/c1-2-3-4-5-6-7-8-9-10-22-25-28-31-34-37-40-43-46-49(52)54-48-45-42-39-36-33-30-27-24-21-19-17-15-13-11-12-14-16-18-20-23-26-29-32-35-38-41-44-47-50(53)55-51/h9-10,25,28H,2-8,11-24,26-27,29-48H2,1H3/b10-9+,28-25+. The van der Waals surface area contributed by atoms with Gasteiger partial charge in [0.2, 0.25) is 0 Å². The number of hydrogen-bond acceptors (Lipinski definition) is 4. The first-order valence-electron chi connectivity index (χ1n) is 24.5. The number of ether oxygens (including phenoxy) is 1. The van der Waals surface area contributed by atoms with Gasteiger partial charge in [-0.1, -0.05) is 237 Å². The zero-order valence-electron chi connectivity index (χ0n) is 36.7. The van der Waals surface area contributed by atoms with Gasteiger partial charge in [0, 0.05) is 12.8 Å². The van der Waals surface area contributed by atoms with Gasteiger partial charge in [0.1, 0.15) is 11.9 Å². The Morgan fingerprint density at radius 1 is 0.364 bits per heavy atom. The number of carbonyl (C=O) groups excluding carboxylic acids is 2. The highest BCUT2D eigenvalue weighted by Crippen LogP contribution is 2.17. The van der Waals surface area contributed by atoms with Crippen molar-refractivity contribution in [3.05, 3.63) is 24.3 Å². The number of rotatable bonds is 46. The molecule has 0 saturated carbocycles. The van der Waals surface area contributed by atoms with E-state index in [1.165, 1.54) is 212 Å². The fourth-order valence-electron chi connectivity index (χ4n) is 7.52. The van der Waals surface area contributed by atoms with Crippen LogP contribution in [0.4, 0.5) is 0 Å². The lowest BCUT2D eigenvalue weighted by Gasteiger charge is -2.05. The highest BCUT2D eigenvalue weighted by Gasteiger charge is 2.03. The molecule has 0 aliphatic carbocycles. The number of halogens is 1. The maximum absolute atomic E-state index is 12.0. The predicted octanol–water partition coefficient (Wildman–Crippen LogP) is 17.7. The summed E-state index contributed by atoms with van der Waals surface area (Å²) in [7, 11) is 0. The van der Waals surface area contributed by atoms with Gasteiger partial charge in [-0.15, -0.1) is 0 Å². The first kappa shape index (κ1) is 53.7. The number of esters is 1. The summed E-state index contributed by atoms with van der Waals surface area (Å²) in [6.45, 7) is 2.89. The molecule has 0 unspecified atom stereocenters. The van der Waals surface area contributed by atoms with Crippen molar-refractivity contribution in [2.75, 3.05) is 6.61 Å². The van der Waals surface area contributed by atoms with Crippen molar-refractivity contribution in [3.8, 4) is 0 Å². The second-order valence-electron chi connectivity index (χ2n) is 16.7. The summed E-state index contributed by atoms with van der Waals surface area (Å²) in [5.74, 6) is -0.298. The molecule has 0 fully saturated rings. The molecule has 0 aliphatic heterocycles. The van der Waals surface area contributed by atoms with Crippen molar-refractivity contribution in [2.24, 2.45) is 0 Å². The molecule has 0 aromatic heterocycles. The van der Waals surface area contributed by atoms with Crippen molar-refractivity contribution in [1.29, 1.82) is 0 Å². The molecule has 0 aromatic carbocycles. The fraction of sp³-hybridized carbons (Fsp3) is 0.880. The first-order chi connectivity index (χ1) is 27.2. The van der Waals surface area contributed by atoms with Crippen molar-refractivity contribution in [1.82, 2.24) is 0 Å². The van der Waals surface area contributed by atoms with Crippen molar-refractivity contribution in [2.45, 2.75) is 277 Å². The molecule has 4 nitrogen and oxygen atoms in total. The third-order valence-electron chi connectivity index (χ3n) is 11.2. The first-order valence-corrected chi connectivity index (χ1v) is 24.8. The van der Waals surface area contributed by atoms with Gasteiger partial charge in [-0.2, -0.15) is 0 Å². The molecule has 0 aromatic rings. The van der Waals surface area contributed by atoms with Crippen molar-refractivity contribution >= 4 is 23.8 Å². The molecule has 5 heteroatoms. The van der Waals surface area contributed by atoms with Gasteiger partial charge in [-0.05, 0) is 51.4 Å². The molecule has 55 heavy (non-hydrogen) atoms. The largest absolute Gasteiger partial charge is 0.466 e. The molecule has 0 radical (unpaired) electrons. The van der Waals surface area contributed by atoms with E-state index in [4.69, 9.17) is 16.6 Å². The second kappa shape index (κ2) is 48.9. The average molecular weight is 794 g/mol. The molecule has 0 spiro atoms. The normalized spacial score (nSPS) is 11.7. The minimum Gasteiger partial charge on any atom is -0.466 e. The molecule has 0 N–H and O–H groups in total. The van der Waals surface area contributed by atoms with Crippen LogP contribution in [0.25, 0.3) is 0 Å². The quantitative estimate of drug-likeness (QED) is 0.0350. The minimum absolute atomic E-state index is 0.00336. The van der Waals surface area contributed by atoms with Crippen LogP contribution in [0.2, 0.25) is 0 Å². The molecule has 0 atom stereocenters. The molecular weight excluding hydrogens is 700 g/mol. The van der Waals surface area contributed by atoms with E-state index in [1.807, 2.05) is 0 Å². The summed E-state index contributed by atoms with van der Waals surface area (Å²) >= 11 is 5.04. The van der Waals surface area contributed by atoms with Crippen LogP contribution in [0.5, 0.6) is 0 Å². The van der Waals surface area contributed by atoms with E-state index in [2.05, 4.69) is 35.5 Å². The van der Waals surface area contributed by atoms with Gasteiger partial charge in [0.05, 0.1) is 6.61 Å². The van der Waals surface area contributed by atoms with Gasteiger partial charge in [0.15, 0.2) is 0 Å². The summed E-state index contributed by atoms with van der Waals surface area (Å²) in [6.07, 6.45) is 62.7. The summed E-state index contributed by atoms with van der Waals surface area (Å²) in [5, 5.41) is 0. The summed E-state index contributed by atoms with van der Waals surface area (Å²) in [6, 6.07) is 0. The Labute approximate surface area is 348 Å². The van der Waals surface area contributed by atoms with Gasteiger partial charge >= 0.3 is 11.9 Å². The fourth-order valence-corrected chi connectivity index (χ4v) is 7.60. The highest BCUT2D eigenvalue weighted by molar-refractivity contribution is 6.13. The van der Waals surface area contributed by atoms with E-state index >= 15 is 0 Å². The Morgan fingerprint density at radius 2 is 0.655 bits per heavy atom. The van der Waals surface area contributed by atoms with Gasteiger partial charge < -0.3 is 9.03 Å². The third kappa shape index (κ3) is 48.8. The van der Waals surface area contributed by atoms with E-state index in [1.54, 1.807) is 0 Å². The van der Waals surface area contributed by atoms with Crippen LogP contribution in [-0.4, -0.2) is 18.5 Å². The molecule has 0 rings (SSSR count). The van der Waals surface area contributed by atoms with Crippen LogP contribution in [-0.2, 0) is 18.6 Å². The van der Waals surface area contributed by atoms with E-state index in [-0.39, 0.29) is 11.9 Å². The summed E-state index contributed by atoms with van der Waals surface area (Å²) < 4.78 is 9.63. The average Bonchev–Trinajstić information content (AvgIpc) is 3.19. The minimum atomic E-state index is -0.301. The lowest BCUT2D eigenvalue weighted by molar-refractivity contribution is -0.144. The second-order valence-corrected chi connectivity index (χ2v) is 16.8. The van der Waals surface area contributed by atoms with Crippen LogP contribution in [0.15, 0.2) is 24.3 Å². The molecule has 0 saturated heterocycles. The van der Waals surface area contributed by atoms with Gasteiger partial charge in [-0.25, -0.2) is 0 Å². The molecular formula is C50H93ClO4. The van der Waals surface area contributed by atoms with Crippen molar-refractivity contribution < 1.29 is 18.6 Å². The van der Waals surface area contributed by atoms with Crippen LogP contribution >= 0.6 is 11.9 Å². The zero-order valence-corrected chi connectivity index (χ0v) is 37.5. The monoisotopic (exact) mass is 793 g/mol. The van der Waals surface area contributed by atoms with E-state index in [0.29, 0.717) is 19.4 Å². The summed E-state index contributed by atoms with van der Waals surface area (Å²) in [4.78, 5) is 23.0. The van der Waals surface area contributed by atoms with E-state index in [0.717, 1.165) is 44.9 Å². The predicted molar refractivity (Wildman–Crippen MR) is 241 cm³/mol. The van der Waals surface area contributed by atoms with Crippen molar-refractivity contribution in [3.63, 3.8) is 0 Å². The molecule has 0 heterocycles. The smallest absolute Gasteiger partial charge is 0.324 e. The Bertz CT molecular complexity index is 825. The maximum atomic E-state index is 12.0. The van der Waals surface area contributed by atoms with E-state index in [9.17, 15) is 9.59 Å². The van der Waals surface area contributed by atoms with Crippen LogP contribution in [0.1, 0.15) is 277 Å². The van der Waals surface area contributed by atoms with Crippen LogP contribution in [0, 0.1) is 0 Å². The third-order valence-corrected chi connectivity index (χ3v) is 11.4. The Hall–Kier alpha value is -1.29. The Kier molecular flexibility index (Phi) is 47.7. The number of allylic oxidation sites excluding steroid dienone is 4. The topological polar surface area (TPSA) is 52.6 Å². The molecule has 324 valence electrons. The highest BCUT2D eigenvalue weighted by atomic mass is 35.5. The Morgan fingerprint density at radius 3 is 1.00 bits per heavy atom. The zero-order chi connectivity index (χ0) is 39.8. The molecule has 0 aliphatic rings. The van der Waals surface area contributed by atoms with E-state index < -0.39 is 0 Å². The van der Waals surface area contributed by atoms with Crippen LogP contribution < -0.4 is 0 Å².